The van der Waals surface area contributed by atoms with Crippen molar-refractivity contribution in [1.29, 1.82) is 0 Å². The van der Waals surface area contributed by atoms with Gasteiger partial charge in [-0.25, -0.2) is 0 Å². The molecule has 0 spiro atoms. The first-order valence-corrected chi connectivity index (χ1v) is 10.2. The molecule has 0 amide bonds. The molecule has 4 rings (SSSR count). The first-order valence-electron chi connectivity index (χ1n) is 10.2. The van der Waals surface area contributed by atoms with Crippen LogP contribution in [0.3, 0.4) is 0 Å². The van der Waals surface area contributed by atoms with E-state index in [0.717, 1.165) is 51.4 Å². The van der Waals surface area contributed by atoms with Crippen molar-refractivity contribution in [3.8, 4) is 5.75 Å². The van der Waals surface area contributed by atoms with Crippen molar-refractivity contribution in [2.75, 3.05) is 6.61 Å². The maximum Gasteiger partial charge on any atom is 0.115 e. The van der Waals surface area contributed by atoms with Crippen LogP contribution < -0.4 is 0 Å². The summed E-state index contributed by atoms with van der Waals surface area (Å²) in [4.78, 5) is 0. The van der Waals surface area contributed by atoms with Gasteiger partial charge in [-0.05, 0) is 97.3 Å². The average Bonchev–Trinajstić information content (AvgIpc) is 2.90. The van der Waals surface area contributed by atoms with Gasteiger partial charge in [0.1, 0.15) is 5.75 Å². The monoisotopic (exact) mass is 344 g/mol. The maximum atomic E-state index is 10.6. The van der Waals surface area contributed by atoms with E-state index in [0.29, 0.717) is 29.4 Å². The minimum atomic E-state index is -0.141. The lowest BCUT2D eigenvalue weighted by Crippen LogP contribution is -2.47. The highest BCUT2D eigenvalue weighted by atomic mass is 16.3. The Labute approximate surface area is 151 Å². The molecule has 3 N–H and O–H groups in total. The molecule has 3 heteroatoms. The summed E-state index contributed by atoms with van der Waals surface area (Å²) in [6.07, 6.45) is 8.39. The Morgan fingerprint density at radius 2 is 2.00 bits per heavy atom. The number of hydrogen-bond acceptors (Lipinski definition) is 3. The van der Waals surface area contributed by atoms with Gasteiger partial charge >= 0.3 is 0 Å². The first-order chi connectivity index (χ1) is 12.0. The fraction of sp³-hybridized carbons (Fsp3) is 0.727. The highest BCUT2D eigenvalue weighted by Gasteiger charge is 2.56. The molecule has 5 unspecified atom stereocenters. The smallest absolute Gasteiger partial charge is 0.115 e. The molecule has 1 aromatic carbocycles. The number of aromatic hydroxyl groups is 1. The van der Waals surface area contributed by atoms with Gasteiger partial charge < -0.3 is 15.3 Å². The Hall–Kier alpha value is -1.06. The number of benzene rings is 1. The number of aliphatic hydroxyl groups is 2. The van der Waals surface area contributed by atoms with Gasteiger partial charge in [0, 0.05) is 6.61 Å². The fourth-order valence-electron chi connectivity index (χ4n) is 6.55. The number of aliphatic hydroxyl groups excluding tert-OH is 2. The molecule has 138 valence electrons. The van der Waals surface area contributed by atoms with Gasteiger partial charge in [0.25, 0.3) is 0 Å². The van der Waals surface area contributed by atoms with E-state index in [1.807, 2.05) is 12.1 Å². The highest BCUT2D eigenvalue weighted by molar-refractivity contribution is 5.40. The van der Waals surface area contributed by atoms with Gasteiger partial charge in [0.15, 0.2) is 0 Å². The van der Waals surface area contributed by atoms with Crippen molar-refractivity contribution >= 4 is 0 Å². The summed E-state index contributed by atoms with van der Waals surface area (Å²) >= 11 is 0. The molecule has 0 heterocycles. The summed E-state index contributed by atoms with van der Waals surface area (Å²) in [6, 6.07) is 5.97. The molecule has 0 aliphatic heterocycles. The number of hydrogen-bond donors (Lipinski definition) is 3. The second kappa shape index (κ2) is 6.59. The Morgan fingerprint density at radius 1 is 1.16 bits per heavy atom. The van der Waals surface area contributed by atoms with E-state index in [9.17, 15) is 15.3 Å². The van der Waals surface area contributed by atoms with E-state index in [4.69, 9.17) is 0 Å². The van der Waals surface area contributed by atoms with E-state index >= 15 is 0 Å². The van der Waals surface area contributed by atoms with E-state index in [1.165, 1.54) is 11.1 Å². The van der Waals surface area contributed by atoms with Gasteiger partial charge in [0.05, 0.1) is 6.10 Å². The number of rotatable bonds is 4. The van der Waals surface area contributed by atoms with Gasteiger partial charge in [-0.15, -0.1) is 0 Å². The molecule has 3 aliphatic carbocycles. The summed E-state index contributed by atoms with van der Waals surface area (Å²) in [7, 11) is 0. The standard InChI is InChI=1S/C22H32O3/c1-22-10-9-18-17-6-5-16(24)13-15(17)12-14(4-2-3-11-23)21(18)19(22)7-8-20(22)25/h5-6,13-14,18-21,23-25H,2-4,7-12H2,1H3/t14-,18?,19?,20?,21?,22?/m1/s1. The van der Waals surface area contributed by atoms with Crippen molar-refractivity contribution in [3.05, 3.63) is 29.3 Å². The van der Waals surface area contributed by atoms with Gasteiger partial charge in [-0.1, -0.05) is 19.4 Å². The molecule has 2 fully saturated rings. The number of fused-ring (bicyclic) bond motifs is 5. The largest absolute Gasteiger partial charge is 0.508 e. The van der Waals surface area contributed by atoms with Crippen LogP contribution in [0, 0.1) is 23.2 Å². The Morgan fingerprint density at radius 3 is 2.80 bits per heavy atom. The predicted octanol–water partition coefficient (Wildman–Crippen LogP) is 4.00. The summed E-state index contributed by atoms with van der Waals surface area (Å²) in [5.41, 5.74) is 2.87. The van der Waals surface area contributed by atoms with E-state index in [-0.39, 0.29) is 18.1 Å². The van der Waals surface area contributed by atoms with Crippen LogP contribution in [0.15, 0.2) is 18.2 Å². The maximum absolute atomic E-state index is 10.6. The minimum absolute atomic E-state index is 0.0881. The quantitative estimate of drug-likeness (QED) is 0.724. The number of phenols is 1. The molecule has 0 bridgehead atoms. The van der Waals surface area contributed by atoms with Crippen LogP contribution in [0.25, 0.3) is 0 Å². The van der Waals surface area contributed by atoms with Crippen LogP contribution >= 0.6 is 0 Å². The molecule has 0 saturated heterocycles. The van der Waals surface area contributed by atoms with Gasteiger partial charge in [0.2, 0.25) is 0 Å². The summed E-state index contributed by atoms with van der Waals surface area (Å²) in [6.45, 7) is 2.60. The summed E-state index contributed by atoms with van der Waals surface area (Å²) in [5, 5.41) is 29.8. The van der Waals surface area contributed by atoms with Crippen LogP contribution in [-0.4, -0.2) is 28.0 Å². The second-order valence-electron chi connectivity index (χ2n) is 8.99. The van der Waals surface area contributed by atoms with Crippen LogP contribution in [0.1, 0.15) is 68.9 Å². The highest BCUT2D eigenvalue weighted by Crippen LogP contribution is 2.62. The third kappa shape index (κ3) is 2.80. The lowest BCUT2D eigenvalue weighted by Gasteiger charge is -2.53. The zero-order valence-corrected chi connectivity index (χ0v) is 15.3. The molecular formula is C22H32O3. The predicted molar refractivity (Wildman–Crippen MR) is 98.5 cm³/mol. The van der Waals surface area contributed by atoms with Gasteiger partial charge in [-0.2, -0.15) is 0 Å². The Kier molecular flexibility index (Phi) is 4.57. The zero-order valence-electron chi connectivity index (χ0n) is 15.3. The summed E-state index contributed by atoms with van der Waals surface area (Å²) < 4.78 is 0. The molecule has 1 aromatic rings. The number of unbranched alkanes of at least 4 members (excludes halogenated alkanes) is 1. The number of phenolic OH excluding ortho intramolecular Hbond substituents is 1. The van der Waals surface area contributed by atoms with Crippen LogP contribution in [0.2, 0.25) is 0 Å². The Balaban J connectivity index is 1.69. The molecular weight excluding hydrogens is 312 g/mol. The van der Waals surface area contributed by atoms with Crippen molar-refractivity contribution in [2.45, 2.75) is 70.3 Å². The molecule has 2 saturated carbocycles. The average molecular weight is 344 g/mol. The first kappa shape index (κ1) is 17.4. The SMILES string of the molecule is CC12CCC3c4ccc(O)cc4C[C@@H](CCCCO)C3C1CCC2O. The van der Waals surface area contributed by atoms with E-state index in [1.54, 1.807) is 0 Å². The van der Waals surface area contributed by atoms with Crippen LogP contribution in [0.5, 0.6) is 5.75 Å². The molecule has 3 aliphatic rings. The third-order valence-electron chi connectivity index (χ3n) is 7.82. The normalized spacial score (nSPS) is 39.6. The Bertz CT molecular complexity index is 628. The summed E-state index contributed by atoms with van der Waals surface area (Å²) in [5.74, 6) is 2.82. The van der Waals surface area contributed by atoms with Crippen LogP contribution in [0.4, 0.5) is 0 Å². The second-order valence-corrected chi connectivity index (χ2v) is 8.99. The van der Waals surface area contributed by atoms with Crippen LogP contribution in [-0.2, 0) is 6.42 Å². The fourth-order valence-corrected chi connectivity index (χ4v) is 6.55. The molecule has 6 atom stereocenters. The molecule has 0 aromatic heterocycles. The van der Waals surface area contributed by atoms with E-state index in [2.05, 4.69) is 13.0 Å². The van der Waals surface area contributed by atoms with Crippen molar-refractivity contribution in [2.24, 2.45) is 23.2 Å². The van der Waals surface area contributed by atoms with Crippen molar-refractivity contribution in [3.63, 3.8) is 0 Å². The van der Waals surface area contributed by atoms with Crippen molar-refractivity contribution in [1.82, 2.24) is 0 Å². The third-order valence-corrected chi connectivity index (χ3v) is 7.82. The topological polar surface area (TPSA) is 60.7 Å². The lowest BCUT2D eigenvalue weighted by atomic mass is 9.52. The molecule has 0 radical (unpaired) electrons. The minimum Gasteiger partial charge on any atom is -0.508 e. The molecule has 3 nitrogen and oxygen atoms in total. The van der Waals surface area contributed by atoms with Crippen molar-refractivity contribution < 1.29 is 15.3 Å². The molecule has 25 heavy (non-hydrogen) atoms. The zero-order chi connectivity index (χ0) is 17.6. The van der Waals surface area contributed by atoms with Gasteiger partial charge in [-0.3, -0.25) is 0 Å². The lowest BCUT2D eigenvalue weighted by molar-refractivity contribution is -0.0397. The van der Waals surface area contributed by atoms with E-state index < -0.39 is 0 Å².